The van der Waals surface area contributed by atoms with E-state index in [1.807, 2.05) is 0 Å². The Bertz CT molecular complexity index is 2380. The Hall–Kier alpha value is -5.75. The molecule has 0 aromatic heterocycles. The number of halogens is 4. The number of phenolic OH excluding ortho intramolecular Hbond substituents is 1. The van der Waals surface area contributed by atoms with Gasteiger partial charge in [0.25, 0.3) is 0 Å². The van der Waals surface area contributed by atoms with Gasteiger partial charge in [0.05, 0.1) is 51.2 Å². The van der Waals surface area contributed by atoms with Gasteiger partial charge in [-0.05, 0) is 84.4 Å². The van der Waals surface area contributed by atoms with Crippen LogP contribution in [0.25, 0.3) is 11.1 Å². The Morgan fingerprint density at radius 2 is 1.42 bits per heavy atom. The lowest BCUT2D eigenvalue weighted by atomic mass is 9.91. The van der Waals surface area contributed by atoms with Crippen molar-refractivity contribution in [3.8, 4) is 18.1 Å². The summed E-state index contributed by atoms with van der Waals surface area (Å²) >= 11 is 0. The first-order valence-corrected chi connectivity index (χ1v) is 18.5. The van der Waals surface area contributed by atoms with Gasteiger partial charge in [0, 0.05) is 35.7 Å². The number of nitrogens with two attached hydrogens (primary N) is 1. The number of anilines is 1. The molecule has 7 rings (SSSR count). The summed E-state index contributed by atoms with van der Waals surface area (Å²) in [5.74, 6) is -6.10. The van der Waals surface area contributed by atoms with Crippen LogP contribution in [0.5, 0.6) is 5.75 Å². The molecule has 0 aliphatic carbocycles. The molecule has 0 fully saturated rings. The molecule has 0 atom stereocenters. The molecule has 264 valence electrons. The maximum Gasteiger partial charge on any atom is 0.302 e. The van der Waals surface area contributed by atoms with Crippen LogP contribution in [0.1, 0.15) is 11.1 Å². The summed E-state index contributed by atoms with van der Waals surface area (Å²) in [4.78, 5) is 31.8. The lowest BCUT2D eigenvalue weighted by Crippen LogP contribution is -2.34. The van der Waals surface area contributed by atoms with E-state index in [1.54, 1.807) is 72.7 Å². The Morgan fingerprint density at radius 1 is 0.792 bits per heavy atom. The molecule has 1 amide bonds. The van der Waals surface area contributed by atoms with E-state index in [4.69, 9.17) is 17.1 Å². The smallest absolute Gasteiger partial charge is 0.302 e. The minimum Gasteiger partial charge on any atom is -0.508 e. The monoisotopic (exact) mass is 750 g/mol. The van der Waals surface area contributed by atoms with Gasteiger partial charge in [-0.15, -0.1) is 6.42 Å². The predicted molar refractivity (Wildman–Crippen MR) is 206 cm³/mol. The topological polar surface area (TPSA) is 116 Å². The van der Waals surface area contributed by atoms with Gasteiger partial charge < -0.3 is 10.8 Å². The average molecular weight is 751 g/mol. The number of allylic oxidation sites excluding steroid dienone is 12. The number of carbonyl (C=O) groups is 1. The molecule has 8 bridgehead atoms. The van der Waals surface area contributed by atoms with Gasteiger partial charge in [-0.2, -0.15) is 0 Å². The largest absolute Gasteiger partial charge is 0.508 e. The number of terminal acetylenes is 1. The average Bonchev–Trinajstić information content (AvgIpc) is 3.97. The van der Waals surface area contributed by atoms with Gasteiger partial charge in [0.1, 0.15) is 11.4 Å². The number of benzene rings is 2. The van der Waals surface area contributed by atoms with Crippen molar-refractivity contribution in [1.82, 2.24) is 0 Å². The normalized spacial score (nSPS) is 16.8. The van der Waals surface area contributed by atoms with Crippen LogP contribution in [0.2, 0.25) is 0 Å². The zero-order valence-electron chi connectivity index (χ0n) is 27.5. The third-order valence-electron chi connectivity index (χ3n) is 8.16. The van der Waals surface area contributed by atoms with Crippen LogP contribution in [-0.4, -0.2) is 58.5 Å². The van der Waals surface area contributed by atoms with Crippen LogP contribution in [-0.2, 0) is 4.79 Å². The molecule has 0 unspecified atom stereocenters. The zero-order chi connectivity index (χ0) is 37.2. The highest BCUT2D eigenvalue weighted by Crippen LogP contribution is 2.43. The van der Waals surface area contributed by atoms with E-state index in [2.05, 4.69) is 15.0 Å². The number of aliphatic imine (C=N–C) groups is 4. The molecule has 53 heavy (non-hydrogen) atoms. The molecule has 14 heteroatoms. The number of amides is 1. The van der Waals surface area contributed by atoms with Gasteiger partial charge in [0.15, 0.2) is 23.3 Å². The van der Waals surface area contributed by atoms with Crippen molar-refractivity contribution in [3.63, 3.8) is 0 Å². The minimum absolute atomic E-state index is 0.0734. The third-order valence-corrected chi connectivity index (χ3v) is 10.6. The van der Waals surface area contributed by atoms with Crippen LogP contribution in [0.3, 0.4) is 0 Å². The van der Waals surface area contributed by atoms with Crippen LogP contribution in [0.4, 0.5) is 23.2 Å². The predicted octanol–water partition coefficient (Wildman–Crippen LogP) is 7.20. The van der Waals surface area contributed by atoms with E-state index >= 15 is 17.6 Å². The SMILES string of the molecule is C#CC(=O)N(CCSSCCN)c1c(F)c(F)c(C2=C3N=C(C=C4C=CC(=N4)C=C4C=CC(=N4)C=C4C=CC2=N4)C=C3c2cccc(O)c2)c(F)c1F. The number of nitrogens with zero attached hydrogens (tertiary/aromatic N) is 5. The number of carbonyl (C=O) groups excluding carboxylic acids is 1. The van der Waals surface area contributed by atoms with E-state index in [1.165, 1.54) is 39.8 Å². The standard InChI is InChI=1S/C39H26F4N6O2S2/c1-2-31(51)49(13-15-53-52-14-12-44)39-36(42)34(40)33(35(41)37(39)43)32-30-11-10-26(47-30)18-24-7-6-22(45-24)17-23-8-9-25(46-23)19-27-20-29(38(32)48-27)21-4-3-5-28(50)16-21/h1,3-11,16-20,50H,12-15,44H2. The fraction of sp³-hybridized carbons (Fsp3) is 0.103. The summed E-state index contributed by atoms with van der Waals surface area (Å²) in [6.45, 7) is 0.0260. The van der Waals surface area contributed by atoms with Gasteiger partial charge in [-0.25, -0.2) is 37.5 Å². The molecule has 0 saturated carbocycles. The fourth-order valence-corrected chi connectivity index (χ4v) is 7.70. The second-order valence-electron chi connectivity index (χ2n) is 11.7. The van der Waals surface area contributed by atoms with Gasteiger partial charge in [0.2, 0.25) is 0 Å². The summed E-state index contributed by atoms with van der Waals surface area (Å²) in [5, 5.41) is 10.4. The van der Waals surface area contributed by atoms with Crippen molar-refractivity contribution >= 4 is 67.2 Å². The van der Waals surface area contributed by atoms with Crippen LogP contribution in [0.15, 0.2) is 128 Å². The number of fused-ring (bicyclic) bond motifs is 4. The molecule has 5 aliphatic heterocycles. The second-order valence-corrected chi connectivity index (χ2v) is 14.4. The lowest BCUT2D eigenvalue weighted by Gasteiger charge is -2.23. The first-order valence-electron chi connectivity index (χ1n) is 16.0. The highest BCUT2D eigenvalue weighted by Gasteiger charge is 2.36. The molecular formula is C39H26F4N6O2S2. The summed E-state index contributed by atoms with van der Waals surface area (Å²) in [6, 6.07) is 6.06. The molecule has 0 radical (unpaired) electrons. The summed E-state index contributed by atoms with van der Waals surface area (Å²) in [5.41, 5.74) is 6.11. The highest BCUT2D eigenvalue weighted by atomic mass is 33.1. The van der Waals surface area contributed by atoms with Crippen LogP contribution in [0, 0.1) is 35.6 Å². The molecule has 0 spiro atoms. The maximum atomic E-state index is 16.7. The molecule has 5 aliphatic rings. The van der Waals surface area contributed by atoms with Gasteiger partial charge in [-0.3, -0.25) is 9.69 Å². The number of hydrogen-bond donors (Lipinski definition) is 2. The maximum absolute atomic E-state index is 16.7. The molecule has 5 heterocycles. The van der Waals surface area contributed by atoms with Crippen molar-refractivity contribution in [3.05, 3.63) is 142 Å². The van der Waals surface area contributed by atoms with E-state index < -0.39 is 46.0 Å². The van der Waals surface area contributed by atoms with E-state index in [0.717, 1.165) is 0 Å². The first kappa shape index (κ1) is 35.6. The zero-order valence-corrected chi connectivity index (χ0v) is 29.1. The van der Waals surface area contributed by atoms with Gasteiger partial charge in [-0.1, -0.05) is 33.7 Å². The van der Waals surface area contributed by atoms with E-state index in [-0.39, 0.29) is 40.7 Å². The molecular weight excluding hydrogens is 725 g/mol. The van der Waals surface area contributed by atoms with Crippen LogP contribution < -0.4 is 10.6 Å². The summed E-state index contributed by atoms with van der Waals surface area (Å²) in [6.07, 6.45) is 22.0. The summed E-state index contributed by atoms with van der Waals surface area (Å²) in [7, 11) is 2.60. The lowest BCUT2D eigenvalue weighted by molar-refractivity contribution is -0.113. The number of hydrogen-bond acceptors (Lipinski definition) is 9. The minimum atomic E-state index is -1.84. The number of aromatic hydroxyl groups is 1. The Morgan fingerprint density at radius 3 is 2.06 bits per heavy atom. The molecule has 3 N–H and O–H groups in total. The third kappa shape index (κ3) is 7.19. The highest BCUT2D eigenvalue weighted by molar-refractivity contribution is 8.76. The first-order chi connectivity index (χ1) is 25.6. The van der Waals surface area contributed by atoms with Crippen LogP contribution >= 0.6 is 21.6 Å². The molecule has 2 aromatic rings. The molecule has 0 saturated heterocycles. The van der Waals surface area contributed by atoms with Crippen molar-refractivity contribution in [2.75, 3.05) is 29.5 Å². The van der Waals surface area contributed by atoms with Crippen molar-refractivity contribution in [2.45, 2.75) is 0 Å². The summed E-state index contributed by atoms with van der Waals surface area (Å²) < 4.78 is 66.0. The fourth-order valence-electron chi connectivity index (χ4n) is 5.89. The van der Waals surface area contributed by atoms with Crippen molar-refractivity contribution in [1.29, 1.82) is 0 Å². The van der Waals surface area contributed by atoms with Crippen molar-refractivity contribution in [2.24, 2.45) is 25.7 Å². The van der Waals surface area contributed by atoms with Gasteiger partial charge >= 0.3 is 5.91 Å². The molecule has 8 nitrogen and oxygen atoms in total. The Kier molecular flexibility index (Phi) is 10.1. The molecule has 2 aromatic carbocycles. The Balaban J connectivity index is 1.48. The van der Waals surface area contributed by atoms with E-state index in [0.29, 0.717) is 51.3 Å². The quantitative estimate of drug-likeness (QED) is 0.0925. The van der Waals surface area contributed by atoms with E-state index in [9.17, 15) is 9.90 Å². The number of phenols is 1. The number of rotatable bonds is 9. The Labute approximate surface area is 309 Å². The second kappa shape index (κ2) is 15.1. The van der Waals surface area contributed by atoms with Crippen molar-refractivity contribution < 1.29 is 27.5 Å².